The molecule has 1 amide bonds. The van der Waals surface area contributed by atoms with Crippen LogP contribution in [0.3, 0.4) is 0 Å². The third-order valence-electron chi connectivity index (χ3n) is 3.06. The van der Waals surface area contributed by atoms with Gasteiger partial charge in [-0.15, -0.1) is 0 Å². The summed E-state index contributed by atoms with van der Waals surface area (Å²) in [7, 11) is 0. The zero-order chi connectivity index (χ0) is 11.7. The third kappa shape index (κ3) is 2.70. The number of nitrogens with one attached hydrogen (secondary N) is 1. The summed E-state index contributed by atoms with van der Waals surface area (Å²) in [5.74, 6) is -1.18. The molecule has 0 unspecified atom stereocenters. The van der Waals surface area contributed by atoms with E-state index in [4.69, 9.17) is 0 Å². The van der Waals surface area contributed by atoms with Gasteiger partial charge in [0, 0.05) is 6.92 Å². The number of hydrogen-bond donors (Lipinski definition) is 2. The monoisotopic (exact) mass is 213 g/mol. The largest absolute Gasteiger partial charge is 0.480 e. The van der Waals surface area contributed by atoms with Crippen molar-refractivity contribution in [2.75, 3.05) is 0 Å². The van der Waals surface area contributed by atoms with Crippen molar-refractivity contribution in [1.82, 2.24) is 5.32 Å². The molecule has 0 aromatic carbocycles. The number of carboxylic acid groups (broad SMARTS) is 1. The van der Waals surface area contributed by atoms with Crippen molar-refractivity contribution in [2.45, 2.75) is 52.0 Å². The summed E-state index contributed by atoms with van der Waals surface area (Å²) in [6.07, 6.45) is 2.90. The Morgan fingerprint density at radius 1 is 1.27 bits per heavy atom. The first-order chi connectivity index (χ1) is 6.77. The van der Waals surface area contributed by atoms with Crippen LogP contribution in [0.25, 0.3) is 0 Å². The van der Waals surface area contributed by atoms with Gasteiger partial charge in [0.2, 0.25) is 5.91 Å². The lowest BCUT2D eigenvalue weighted by atomic mass is 9.68. The predicted octanol–water partition coefficient (Wildman–Crippen LogP) is 1.55. The molecular formula is C11H19NO3. The van der Waals surface area contributed by atoms with Crippen LogP contribution in [0.2, 0.25) is 0 Å². The van der Waals surface area contributed by atoms with Crippen molar-refractivity contribution in [3.8, 4) is 0 Å². The van der Waals surface area contributed by atoms with Crippen molar-refractivity contribution in [1.29, 1.82) is 0 Å². The second-order valence-electron chi connectivity index (χ2n) is 5.26. The van der Waals surface area contributed by atoms with Gasteiger partial charge in [-0.25, -0.2) is 4.79 Å². The topological polar surface area (TPSA) is 66.4 Å². The molecule has 15 heavy (non-hydrogen) atoms. The Labute approximate surface area is 90.0 Å². The van der Waals surface area contributed by atoms with E-state index < -0.39 is 11.5 Å². The molecule has 4 nitrogen and oxygen atoms in total. The molecule has 1 saturated carbocycles. The van der Waals surface area contributed by atoms with Crippen molar-refractivity contribution in [3.63, 3.8) is 0 Å². The Morgan fingerprint density at radius 3 is 2.27 bits per heavy atom. The van der Waals surface area contributed by atoms with Crippen LogP contribution in [0.15, 0.2) is 0 Å². The fraction of sp³-hybridized carbons (Fsp3) is 0.818. The van der Waals surface area contributed by atoms with E-state index in [0.29, 0.717) is 12.8 Å². The summed E-state index contributed by atoms with van der Waals surface area (Å²) in [4.78, 5) is 22.3. The van der Waals surface area contributed by atoms with Gasteiger partial charge < -0.3 is 10.4 Å². The van der Waals surface area contributed by atoms with Gasteiger partial charge in [-0.1, -0.05) is 13.8 Å². The molecule has 0 aliphatic heterocycles. The van der Waals surface area contributed by atoms with Crippen LogP contribution in [-0.4, -0.2) is 22.5 Å². The Morgan fingerprint density at radius 2 is 1.87 bits per heavy atom. The molecule has 86 valence electrons. The van der Waals surface area contributed by atoms with Crippen molar-refractivity contribution in [3.05, 3.63) is 0 Å². The summed E-state index contributed by atoms with van der Waals surface area (Å²) >= 11 is 0. The highest BCUT2D eigenvalue weighted by Crippen LogP contribution is 2.41. The maximum Gasteiger partial charge on any atom is 0.329 e. The minimum Gasteiger partial charge on any atom is -0.480 e. The van der Waals surface area contributed by atoms with Gasteiger partial charge >= 0.3 is 5.97 Å². The molecule has 1 atom stereocenters. The Hall–Kier alpha value is -1.06. The van der Waals surface area contributed by atoms with Crippen LogP contribution in [0.5, 0.6) is 0 Å². The third-order valence-corrected chi connectivity index (χ3v) is 3.06. The molecule has 0 bridgehead atoms. The molecule has 0 aromatic rings. The highest BCUT2D eigenvalue weighted by molar-refractivity contribution is 5.86. The number of carbonyl (C=O) groups is 2. The lowest BCUT2D eigenvalue weighted by Gasteiger charge is -2.42. The highest BCUT2D eigenvalue weighted by atomic mass is 16.4. The fourth-order valence-corrected chi connectivity index (χ4v) is 2.54. The molecule has 1 aliphatic carbocycles. The van der Waals surface area contributed by atoms with Crippen molar-refractivity contribution in [2.24, 2.45) is 5.41 Å². The molecule has 0 radical (unpaired) electrons. The van der Waals surface area contributed by atoms with Gasteiger partial charge in [-0.05, 0) is 31.1 Å². The normalized spacial score (nSPS) is 29.5. The number of carboxylic acids is 1. The predicted molar refractivity (Wildman–Crippen MR) is 56.4 cm³/mol. The number of amides is 1. The molecule has 4 heteroatoms. The van der Waals surface area contributed by atoms with Crippen LogP contribution in [0.1, 0.15) is 46.5 Å². The lowest BCUT2D eigenvalue weighted by Crippen LogP contribution is -2.57. The molecule has 1 aliphatic rings. The van der Waals surface area contributed by atoms with E-state index in [1.165, 1.54) is 6.92 Å². The Bertz CT molecular complexity index is 286. The standard InChI is InChI=1S/C11H19NO3/c1-8(13)12-11(9(14)15)6-4-5-10(2,3)7-11/h4-7H2,1-3H3,(H,12,13)(H,14,15)/t11-/m1/s1. The fourth-order valence-electron chi connectivity index (χ4n) is 2.54. The average Bonchev–Trinajstić information content (AvgIpc) is 1.99. The summed E-state index contributed by atoms with van der Waals surface area (Å²) in [5, 5.41) is 11.9. The molecule has 0 saturated heterocycles. The summed E-state index contributed by atoms with van der Waals surface area (Å²) in [6.45, 7) is 5.46. The number of aliphatic carboxylic acids is 1. The van der Waals surface area contributed by atoms with Crippen LogP contribution in [-0.2, 0) is 9.59 Å². The van der Waals surface area contributed by atoms with E-state index in [0.717, 1.165) is 12.8 Å². The maximum atomic E-state index is 11.3. The van der Waals surface area contributed by atoms with E-state index in [9.17, 15) is 14.7 Å². The Balaban J connectivity index is 2.90. The summed E-state index contributed by atoms with van der Waals surface area (Å²) in [6, 6.07) is 0. The van der Waals surface area contributed by atoms with Gasteiger partial charge in [-0.3, -0.25) is 4.79 Å². The first-order valence-corrected chi connectivity index (χ1v) is 5.30. The zero-order valence-electron chi connectivity index (χ0n) is 9.59. The Kier molecular flexibility index (Phi) is 3.07. The zero-order valence-corrected chi connectivity index (χ0v) is 9.59. The van der Waals surface area contributed by atoms with Gasteiger partial charge in [-0.2, -0.15) is 0 Å². The molecule has 0 spiro atoms. The maximum absolute atomic E-state index is 11.3. The van der Waals surface area contributed by atoms with Gasteiger partial charge in [0.1, 0.15) is 5.54 Å². The minimum atomic E-state index is -1.05. The lowest BCUT2D eigenvalue weighted by molar-refractivity contribution is -0.151. The molecule has 2 N–H and O–H groups in total. The molecular weight excluding hydrogens is 194 g/mol. The van der Waals surface area contributed by atoms with Crippen molar-refractivity contribution < 1.29 is 14.7 Å². The van der Waals surface area contributed by atoms with E-state index in [2.05, 4.69) is 5.32 Å². The van der Waals surface area contributed by atoms with Gasteiger partial charge in [0.25, 0.3) is 0 Å². The highest BCUT2D eigenvalue weighted by Gasteiger charge is 2.46. The number of hydrogen-bond acceptors (Lipinski definition) is 2. The van der Waals surface area contributed by atoms with Crippen LogP contribution >= 0.6 is 0 Å². The summed E-state index contributed by atoms with van der Waals surface area (Å²) < 4.78 is 0. The van der Waals surface area contributed by atoms with Crippen LogP contribution in [0.4, 0.5) is 0 Å². The van der Waals surface area contributed by atoms with E-state index >= 15 is 0 Å². The SMILES string of the molecule is CC(=O)N[C@]1(C(=O)O)CCCC(C)(C)C1. The average molecular weight is 213 g/mol. The molecule has 0 heterocycles. The quantitative estimate of drug-likeness (QED) is 0.731. The second-order valence-corrected chi connectivity index (χ2v) is 5.26. The number of carbonyl (C=O) groups excluding carboxylic acids is 1. The van der Waals surface area contributed by atoms with Gasteiger partial charge in [0.15, 0.2) is 0 Å². The smallest absolute Gasteiger partial charge is 0.329 e. The van der Waals surface area contributed by atoms with Crippen LogP contribution in [0, 0.1) is 5.41 Å². The first kappa shape index (κ1) is 12.0. The van der Waals surface area contributed by atoms with Crippen LogP contribution < -0.4 is 5.32 Å². The molecule has 0 aromatic heterocycles. The van der Waals surface area contributed by atoms with E-state index in [1.807, 2.05) is 13.8 Å². The van der Waals surface area contributed by atoms with E-state index in [1.54, 1.807) is 0 Å². The first-order valence-electron chi connectivity index (χ1n) is 5.30. The summed E-state index contributed by atoms with van der Waals surface area (Å²) in [5.41, 5.74) is -1.06. The van der Waals surface area contributed by atoms with E-state index in [-0.39, 0.29) is 11.3 Å². The van der Waals surface area contributed by atoms with Crippen molar-refractivity contribution >= 4 is 11.9 Å². The second kappa shape index (κ2) is 3.83. The van der Waals surface area contributed by atoms with Gasteiger partial charge in [0.05, 0.1) is 0 Å². The number of rotatable bonds is 2. The molecule has 1 rings (SSSR count). The minimum absolute atomic E-state index is 0.0148. The molecule has 1 fully saturated rings.